The van der Waals surface area contributed by atoms with Crippen LogP contribution in [-0.2, 0) is 15.3 Å². The predicted octanol–water partition coefficient (Wildman–Crippen LogP) is 3.15. The molecule has 3 aliphatic heterocycles. The van der Waals surface area contributed by atoms with E-state index in [0.29, 0.717) is 18.3 Å². The molecule has 7 heteroatoms. The fourth-order valence-corrected chi connectivity index (χ4v) is 4.46. The quantitative estimate of drug-likeness (QED) is 0.771. The van der Waals surface area contributed by atoms with Crippen molar-refractivity contribution in [3.63, 3.8) is 0 Å². The van der Waals surface area contributed by atoms with Crippen molar-refractivity contribution in [2.45, 2.75) is 50.5 Å². The minimum Gasteiger partial charge on any atom is -0.489 e. The zero-order valence-electron chi connectivity index (χ0n) is 14.8. The predicted molar refractivity (Wildman–Crippen MR) is 98.1 cm³/mol. The molecule has 3 aliphatic rings. The van der Waals surface area contributed by atoms with Gasteiger partial charge in [0.05, 0.1) is 11.2 Å². The van der Waals surface area contributed by atoms with Crippen LogP contribution in [0.4, 0.5) is 0 Å². The Hall–Kier alpha value is -1.31. The van der Waals surface area contributed by atoms with Crippen LogP contribution in [0.1, 0.15) is 38.7 Å². The molecule has 0 amide bonds. The topological polar surface area (TPSA) is 69.3 Å². The second-order valence-corrected chi connectivity index (χ2v) is 8.62. The molecule has 3 unspecified atom stereocenters. The van der Waals surface area contributed by atoms with Crippen LogP contribution < -0.4 is 10.5 Å². The zero-order valence-corrected chi connectivity index (χ0v) is 16.4. The fraction of sp³-hybridized carbons (Fsp3) is 0.611. The number of hydroxylamine groups is 2. The summed E-state index contributed by atoms with van der Waals surface area (Å²) in [7, 11) is 1.78. The Labute approximate surface area is 156 Å². The summed E-state index contributed by atoms with van der Waals surface area (Å²) in [4.78, 5) is 10.8. The van der Waals surface area contributed by atoms with E-state index >= 15 is 0 Å². The van der Waals surface area contributed by atoms with Crippen LogP contribution >= 0.6 is 15.9 Å². The summed E-state index contributed by atoms with van der Waals surface area (Å²) in [5, 5.41) is 1.54. The molecule has 1 aromatic rings. The van der Waals surface area contributed by atoms with E-state index in [1.54, 1.807) is 12.1 Å². The second-order valence-electron chi connectivity index (χ2n) is 7.71. The van der Waals surface area contributed by atoms with Crippen molar-refractivity contribution in [2.24, 2.45) is 16.6 Å². The number of rotatable bonds is 1. The van der Waals surface area contributed by atoms with E-state index < -0.39 is 5.72 Å². The van der Waals surface area contributed by atoms with Gasteiger partial charge in [0.1, 0.15) is 11.9 Å². The number of hydrogen-bond donors (Lipinski definition) is 1. The Bertz CT molecular complexity index is 724. The van der Waals surface area contributed by atoms with Crippen molar-refractivity contribution in [3.05, 3.63) is 28.2 Å². The van der Waals surface area contributed by atoms with E-state index in [-0.39, 0.29) is 11.7 Å². The lowest BCUT2D eigenvalue weighted by molar-refractivity contribution is -0.199. The Morgan fingerprint density at radius 3 is 2.80 bits per heavy atom. The monoisotopic (exact) mass is 409 g/mol. The molecular formula is C18H24BrN3O3. The number of halogens is 1. The van der Waals surface area contributed by atoms with Crippen molar-refractivity contribution in [1.82, 2.24) is 5.06 Å². The second kappa shape index (κ2) is 5.86. The highest BCUT2D eigenvalue weighted by molar-refractivity contribution is 9.10. The van der Waals surface area contributed by atoms with Crippen molar-refractivity contribution in [3.8, 4) is 5.75 Å². The van der Waals surface area contributed by atoms with Gasteiger partial charge in [-0.1, -0.05) is 15.9 Å². The van der Waals surface area contributed by atoms with E-state index in [1.807, 2.05) is 18.2 Å². The number of nitrogens with two attached hydrogens (primary N) is 1. The third-order valence-electron chi connectivity index (χ3n) is 5.29. The molecular weight excluding hydrogens is 386 g/mol. The number of guanidine groups is 1. The molecule has 0 saturated carbocycles. The van der Waals surface area contributed by atoms with Gasteiger partial charge in [0.2, 0.25) is 11.7 Å². The third kappa shape index (κ3) is 3.02. The molecule has 0 bridgehead atoms. The van der Waals surface area contributed by atoms with E-state index in [2.05, 4.69) is 29.8 Å². The first-order chi connectivity index (χ1) is 11.8. The van der Waals surface area contributed by atoms with E-state index in [9.17, 15) is 0 Å². The molecule has 1 spiro atoms. The Kier molecular flexibility index (Phi) is 4.01. The van der Waals surface area contributed by atoms with Gasteiger partial charge in [-0.2, -0.15) is 0 Å². The number of hydrogen-bond acceptors (Lipinski definition) is 6. The number of nitrogens with zero attached hydrogens (tertiary/aromatic N) is 2. The molecule has 2 N–H and O–H groups in total. The van der Waals surface area contributed by atoms with E-state index in [1.165, 1.54) is 0 Å². The van der Waals surface area contributed by atoms with Crippen LogP contribution in [0.3, 0.4) is 0 Å². The molecule has 25 heavy (non-hydrogen) atoms. The summed E-state index contributed by atoms with van der Waals surface area (Å²) in [5.41, 5.74) is 5.99. The lowest BCUT2D eigenvalue weighted by Gasteiger charge is -2.44. The van der Waals surface area contributed by atoms with Crippen LogP contribution in [0.25, 0.3) is 0 Å². The van der Waals surface area contributed by atoms with Crippen molar-refractivity contribution < 1.29 is 14.3 Å². The minimum absolute atomic E-state index is 0.0138. The lowest BCUT2D eigenvalue weighted by atomic mass is 9.79. The summed E-state index contributed by atoms with van der Waals surface area (Å²) in [5.74, 6) is 1.60. The molecule has 6 nitrogen and oxygen atoms in total. The molecule has 4 rings (SSSR count). The summed E-state index contributed by atoms with van der Waals surface area (Å²) in [6.07, 6.45) is 2.59. The summed E-state index contributed by atoms with van der Waals surface area (Å²) < 4.78 is 13.2. The molecule has 3 heterocycles. The van der Waals surface area contributed by atoms with Crippen LogP contribution in [0, 0.1) is 5.92 Å². The van der Waals surface area contributed by atoms with Gasteiger partial charge in [-0.05, 0) is 44.9 Å². The molecule has 136 valence electrons. The Morgan fingerprint density at radius 1 is 1.32 bits per heavy atom. The molecule has 0 aromatic heterocycles. The zero-order chi connectivity index (χ0) is 17.8. The molecule has 1 aromatic carbocycles. The summed E-state index contributed by atoms with van der Waals surface area (Å²) >= 11 is 3.54. The average molecular weight is 410 g/mol. The summed E-state index contributed by atoms with van der Waals surface area (Å²) in [6.45, 7) is 5.03. The minimum atomic E-state index is -0.816. The first-order valence-corrected chi connectivity index (χ1v) is 9.46. The molecule has 0 radical (unpaired) electrons. The van der Waals surface area contributed by atoms with Gasteiger partial charge < -0.3 is 15.2 Å². The highest BCUT2D eigenvalue weighted by atomic mass is 79.9. The molecule has 0 aliphatic carbocycles. The smallest absolute Gasteiger partial charge is 0.221 e. The maximum atomic E-state index is 6.39. The van der Waals surface area contributed by atoms with E-state index in [4.69, 9.17) is 25.0 Å². The van der Waals surface area contributed by atoms with Crippen LogP contribution in [-0.4, -0.2) is 36.4 Å². The van der Waals surface area contributed by atoms with Crippen molar-refractivity contribution in [1.29, 1.82) is 0 Å². The van der Waals surface area contributed by atoms with Gasteiger partial charge in [-0.3, -0.25) is 0 Å². The summed E-state index contributed by atoms with van der Waals surface area (Å²) in [6, 6.07) is 5.97. The van der Waals surface area contributed by atoms with Gasteiger partial charge >= 0.3 is 0 Å². The van der Waals surface area contributed by atoms with Gasteiger partial charge in [-0.15, -0.1) is 0 Å². The first-order valence-electron chi connectivity index (χ1n) is 8.67. The lowest BCUT2D eigenvalue weighted by Crippen LogP contribution is -2.46. The maximum Gasteiger partial charge on any atom is 0.221 e. The molecule has 1 saturated heterocycles. The highest BCUT2D eigenvalue weighted by Crippen LogP contribution is 2.49. The first kappa shape index (κ1) is 17.1. The van der Waals surface area contributed by atoms with Crippen molar-refractivity contribution >= 4 is 21.9 Å². The fourth-order valence-electron chi connectivity index (χ4n) is 4.10. The van der Waals surface area contributed by atoms with Crippen LogP contribution in [0.15, 0.2) is 27.7 Å². The largest absolute Gasteiger partial charge is 0.489 e. The van der Waals surface area contributed by atoms with Crippen LogP contribution in [0.5, 0.6) is 5.75 Å². The van der Waals surface area contributed by atoms with Gasteiger partial charge in [0.25, 0.3) is 0 Å². The molecule has 3 atom stereocenters. The SMILES string of the molecule is CN1OC2(CC(C3CCOC(C)(C)C3)Oc3ccc(Br)cc32)N=C1N. The Balaban J connectivity index is 1.71. The average Bonchev–Trinajstić information content (AvgIpc) is 2.82. The number of aliphatic imine (C=N–C) groups is 1. The van der Waals surface area contributed by atoms with Gasteiger partial charge in [0.15, 0.2) is 0 Å². The highest BCUT2D eigenvalue weighted by Gasteiger charge is 2.51. The van der Waals surface area contributed by atoms with Gasteiger partial charge in [-0.25, -0.2) is 14.9 Å². The standard InChI is InChI=1S/C18H24BrN3O3/c1-17(2)9-11(6-7-23-17)15-10-18(21-16(20)22(3)25-18)13-8-12(19)4-5-14(13)24-15/h4-5,8,11,15H,6-7,9-10H2,1-3H3,(H2,20,21). The number of fused-ring (bicyclic) bond motifs is 2. The Morgan fingerprint density at radius 2 is 2.12 bits per heavy atom. The molecule has 1 fully saturated rings. The van der Waals surface area contributed by atoms with Crippen LogP contribution in [0.2, 0.25) is 0 Å². The van der Waals surface area contributed by atoms with E-state index in [0.717, 1.165) is 35.2 Å². The third-order valence-corrected chi connectivity index (χ3v) is 5.78. The van der Waals surface area contributed by atoms with Gasteiger partial charge in [0, 0.05) is 30.5 Å². The number of benzene rings is 1. The maximum absolute atomic E-state index is 6.39. The normalized spacial score (nSPS) is 33.8. The number of ether oxygens (including phenoxy) is 2. The van der Waals surface area contributed by atoms with Crippen molar-refractivity contribution in [2.75, 3.05) is 13.7 Å².